The molecule has 0 aliphatic heterocycles. The van der Waals surface area contributed by atoms with Gasteiger partial charge in [-0.15, -0.1) is 0 Å². The highest BCUT2D eigenvalue weighted by Gasteiger charge is 2.29. The standard InChI is InChI=1S/C15H28N2S3/c1-9-11(4)15(7,8)18-12-16-13(20-17-12)19-14(5,6)10(2)3/h10-11H,9H2,1-8H3. The molecule has 1 aromatic heterocycles. The molecule has 0 aromatic carbocycles. The van der Waals surface area contributed by atoms with Crippen molar-refractivity contribution in [2.24, 2.45) is 11.8 Å². The third-order valence-electron chi connectivity index (χ3n) is 4.28. The quantitative estimate of drug-likeness (QED) is 0.573. The molecule has 1 aromatic rings. The topological polar surface area (TPSA) is 25.8 Å². The lowest BCUT2D eigenvalue weighted by Gasteiger charge is -2.29. The van der Waals surface area contributed by atoms with Gasteiger partial charge in [-0.3, -0.25) is 0 Å². The summed E-state index contributed by atoms with van der Waals surface area (Å²) in [6.07, 6.45) is 1.19. The fourth-order valence-electron chi connectivity index (χ4n) is 1.45. The average Bonchev–Trinajstić information content (AvgIpc) is 2.73. The Hall–Kier alpha value is 0.260. The molecular weight excluding hydrogens is 304 g/mol. The van der Waals surface area contributed by atoms with Gasteiger partial charge in [-0.2, -0.15) is 4.37 Å². The van der Waals surface area contributed by atoms with Crippen LogP contribution in [0.25, 0.3) is 0 Å². The molecule has 0 aliphatic carbocycles. The summed E-state index contributed by atoms with van der Waals surface area (Å²) in [7, 11) is 0. The van der Waals surface area contributed by atoms with Crippen LogP contribution >= 0.6 is 35.1 Å². The molecule has 0 saturated carbocycles. The van der Waals surface area contributed by atoms with Crippen LogP contribution in [-0.2, 0) is 0 Å². The fraction of sp³-hybridized carbons (Fsp3) is 0.867. The highest BCUT2D eigenvalue weighted by molar-refractivity contribution is 8.02. The summed E-state index contributed by atoms with van der Waals surface area (Å²) in [4.78, 5) is 4.71. The van der Waals surface area contributed by atoms with Crippen molar-refractivity contribution in [1.82, 2.24) is 9.36 Å². The van der Waals surface area contributed by atoms with Gasteiger partial charge in [-0.25, -0.2) is 4.98 Å². The second kappa shape index (κ2) is 7.01. The number of hydrogen-bond donors (Lipinski definition) is 0. The second-order valence-corrected chi connectivity index (χ2v) is 11.0. The molecule has 0 N–H and O–H groups in total. The van der Waals surface area contributed by atoms with Gasteiger partial charge in [0.05, 0.1) is 0 Å². The first-order valence-electron chi connectivity index (χ1n) is 7.30. The van der Waals surface area contributed by atoms with Crippen LogP contribution < -0.4 is 0 Å². The maximum Gasteiger partial charge on any atom is 0.201 e. The Bertz CT molecular complexity index is 425. The predicted octanol–water partition coefficient (Wildman–Crippen LogP) is 5.98. The van der Waals surface area contributed by atoms with Gasteiger partial charge in [0, 0.05) is 9.49 Å². The van der Waals surface area contributed by atoms with E-state index in [1.165, 1.54) is 18.0 Å². The van der Waals surface area contributed by atoms with Crippen molar-refractivity contribution in [2.75, 3.05) is 0 Å². The average molecular weight is 333 g/mol. The highest BCUT2D eigenvalue weighted by atomic mass is 32.2. The SMILES string of the molecule is CCC(C)C(C)(C)Sc1nsc(SC(C)(C)C(C)C)n1. The third-order valence-corrected chi connectivity index (χ3v) is 7.94. The summed E-state index contributed by atoms with van der Waals surface area (Å²) in [6.45, 7) is 18.2. The Morgan fingerprint density at radius 1 is 1.05 bits per heavy atom. The first kappa shape index (κ1) is 18.3. The van der Waals surface area contributed by atoms with E-state index < -0.39 is 0 Å². The van der Waals surface area contributed by atoms with Crippen LogP contribution in [0.4, 0.5) is 0 Å². The van der Waals surface area contributed by atoms with Crippen molar-refractivity contribution in [3.8, 4) is 0 Å². The van der Waals surface area contributed by atoms with Crippen LogP contribution in [0.3, 0.4) is 0 Å². The van der Waals surface area contributed by atoms with Gasteiger partial charge in [0.1, 0.15) is 0 Å². The molecule has 20 heavy (non-hydrogen) atoms. The Kier molecular flexibility index (Phi) is 6.42. The largest absolute Gasteiger partial charge is 0.203 e. The van der Waals surface area contributed by atoms with E-state index in [1.54, 1.807) is 0 Å². The van der Waals surface area contributed by atoms with Crippen molar-refractivity contribution in [3.05, 3.63) is 0 Å². The van der Waals surface area contributed by atoms with Crippen molar-refractivity contribution in [3.63, 3.8) is 0 Å². The molecule has 0 aliphatic rings. The summed E-state index contributed by atoms with van der Waals surface area (Å²) in [5.41, 5.74) is 0. The monoisotopic (exact) mass is 332 g/mol. The van der Waals surface area contributed by atoms with E-state index >= 15 is 0 Å². The van der Waals surface area contributed by atoms with E-state index in [4.69, 9.17) is 4.98 Å². The number of hydrogen-bond acceptors (Lipinski definition) is 5. The van der Waals surface area contributed by atoms with Crippen LogP contribution in [-0.4, -0.2) is 18.9 Å². The van der Waals surface area contributed by atoms with Crippen LogP contribution in [0, 0.1) is 11.8 Å². The molecule has 1 heterocycles. The molecular formula is C15H28N2S3. The number of thioether (sulfide) groups is 2. The molecule has 1 unspecified atom stereocenters. The van der Waals surface area contributed by atoms with Crippen molar-refractivity contribution in [1.29, 1.82) is 0 Å². The number of nitrogens with zero attached hydrogens (tertiary/aromatic N) is 2. The molecule has 0 radical (unpaired) electrons. The van der Waals surface area contributed by atoms with E-state index in [2.05, 4.69) is 59.8 Å². The van der Waals surface area contributed by atoms with Gasteiger partial charge in [0.15, 0.2) is 4.34 Å². The molecule has 1 atom stereocenters. The zero-order valence-corrected chi connectivity index (χ0v) is 16.4. The second-order valence-electron chi connectivity index (χ2n) is 6.72. The Morgan fingerprint density at radius 3 is 2.15 bits per heavy atom. The van der Waals surface area contributed by atoms with Crippen molar-refractivity contribution in [2.45, 2.75) is 80.8 Å². The molecule has 2 nitrogen and oxygen atoms in total. The molecule has 116 valence electrons. The summed E-state index contributed by atoms with van der Waals surface area (Å²) in [5, 5.41) is 0.933. The van der Waals surface area contributed by atoms with E-state index in [-0.39, 0.29) is 9.49 Å². The lowest BCUT2D eigenvalue weighted by molar-refractivity contribution is 0.447. The van der Waals surface area contributed by atoms with Gasteiger partial charge in [-0.05, 0) is 37.2 Å². The summed E-state index contributed by atoms with van der Waals surface area (Å²) >= 11 is 5.19. The minimum Gasteiger partial charge on any atom is -0.203 e. The maximum absolute atomic E-state index is 4.71. The zero-order valence-electron chi connectivity index (χ0n) is 14.0. The first-order chi connectivity index (χ1) is 9.08. The Morgan fingerprint density at radius 2 is 1.65 bits per heavy atom. The smallest absolute Gasteiger partial charge is 0.201 e. The van der Waals surface area contributed by atoms with Gasteiger partial charge < -0.3 is 0 Å². The summed E-state index contributed by atoms with van der Waals surface area (Å²) < 4.78 is 6.01. The van der Waals surface area contributed by atoms with Gasteiger partial charge >= 0.3 is 0 Å². The Balaban J connectivity index is 2.74. The Labute approximate surface area is 137 Å². The molecule has 0 spiro atoms. The van der Waals surface area contributed by atoms with E-state index in [1.807, 2.05) is 23.5 Å². The van der Waals surface area contributed by atoms with Gasteiger partial charge in [-0.1, -0.05) is 71.5 Å². The molecule has 0 bridgehead atoms. The zero-order chi connectivity index (χ0) is 15.6. The van der Waals surface area contributed by atoms with Crippen LogP contribution in [0.15, 0.2) is 9.50 Å². The molecule has 1 rings (SSSR count). The molecule has 0 fully saturated rings. The summed E-state index contributed by atoms with van der Waals surface area (Å²) in [6, 6.07) is 0. The van der Waals surface area contributed by atoms with E-state index in [0.29, 0.717) is 11.8 Å². The maximum atomic E-state index is 4.71. The lowest BCUT2D eigenvalue weighted by atomic mass is 9.95. The van der Waals surface area contributed by atoms with E-state index in [0.717, 1.165) is 9.50 Å². The minimum atomic E-state index is 0.186. The lowest BCUT2D eigenvalue weighted by Crippen LogP contribution is -2.24. The van der Waals surface area contributed by atoms with Gasteiger partial charge in [0.2, 0.25) is 5.16 Å². The minimum absolute atomic E-state index is 0.186. The van der Waals surface area contributed by atoms with E-state index in [9.17, 15) is 0 Å². The molecule has 0 saturated heterocycles. The van der Waals surface area contributed by atoms with Crippen molar-refractivity contribution >= 4 is 35.1 Å². The van der Waals surface area contributed by atoms with Crippen LogP contribution in [0.1, 0.15) is 61.8 Å². The van der Waals surface area contributed by atoms with Crippen LogP contribution in [0.5, 0.6) is 0 Å². The normalized spacial score (nSPS) is 14.8. The highest BCUT2D eigenvalue weighted by Crippen LogP contribution is 2.42. The van der Waals surface area contributed by atoms with Crippen LogP contribution in [0.2, 0.25) is 0 Å². The molecule has 5 heteroatoms. The van der Waals surface area contributed by atoms with Crippen molar-refractivity contribution < 1.29 is 0 Å². The first-order valence-corrected chi connectivity index (χ1v) is 9.71. The predicted molar refractivity (Wildman–Crippen MR) is 94.1 cm³/mol. The number of rotatable bonds is 7. The molecule has 0 amide bonds. The summed E-state index contributed by atoms with van der Waals surface area (Å²) in [5.74, 6) is 1.27. The fourth-order valence-corrected chi connectivity index (χ4v) is 4.85. The van der Waals surface area contributed by atoms with Gasteiger partial charge in [0.25, 0.3) is 0 Å². The number of aromatic nitrogens is 2. The third kappa shape index (κ3) is 4.92.